The number of hydrogen-bond acceptors (Lipinski definition) is 4. The first-order valence-corrected chi connectivity index (χ1v) is 4.26. The summed E-state index contributed by atoms with van der Waals surface area (Å²) in [6.45, 7) is 0.490. The second-order valence-electron chi connectivity index (χ2n) is 2.88. The molecule has 0 radical (unpaired) electrons. The number of nitrogens with two attached hydrogens (primary N) is 1. The van der Waals surface area contributed by atoms with Crippen molar-refractivity contribution in [3.63, 3.8) is 0 Å². The molecule has 0 atom stereocenters. The molecule has 1 aromatic carbocycles. The number of para-hydroxylation sites is 1. The van der Waals surface area contributed by atoms with Gasteiger partial charge in [-0.3, -0.25) is 5.01 Å². The van der Waals surface area contributed by atoms with Gasteiger partial charge in [0.15, 0.2) is 0 Å². The molecule has 1 aromatic heterocycles. The normalized spacial score (nSPS) is 10.1. The summed E-state index contributed by atoms with van der Waals surface area (Å²) in [5.41, 5.74) is 0.947. The Hall–Kier alpha value is -1.88. The van der Waals surface area contributed by atoms with Crippen molar-refractivity contribution < 1.29 is 0 Å². The molecule has 0 unspecified atom stereocenters. The van der Waals surface area contributed by atoms with E-state index in [1.165, 1.54) is 6.33 Å². The van der Waals surface area contributed by atoms with Gasteiger partial charge in [0.1, 0.15) is 19.3 Å². The minimum Gasteiger partial charge on any atom is -0.289 e. The summed E-state index contributed by atoms with van der Waals surface area (Å²) in [7, 11) is 0. The highest BCUT2D eigenvalue weighted by Gasteiger charge is 2.00. The number of anilines is 1. The van der Waals surface area contributed by atoms with Crippen molar-refractivity contribution in [2.24, 2.45) is 5.84 Å². The van der Waals surface area contributed by atoms with Gasteiger partial charge in [-0.15, -0.1) is 0 Å². The summed E-state index contributed by atoms with van der Waals surface area (Å²) in [6.07, 6.45) is 3.11. The maximum atomic E-state index is 5.83. The molecule has 2 rings (SSSR count). The third-order valence-corrected chi connectivity index (χ3v) is 1.85. The molecular weight excluding hydrogens is 178 g/mol. The lowest BCUT2D eigenvalue weighted by Crippen LogP contribution is -2.33. The van der Waals surface area contributed by atoms with Crippen molar-refractivity contribution in [2.45, 2.75) is 6.67 Å². The first-order valence-electron chi connectivity index (χ1n) is 4.26. The van der Waals surface area contributed by atoms with Crippen LogP contribution in [0.5, 0.6) is 0 Å². The van der Waals surface area contributed by atoms with E-state index in [0.717, 1.165) is 5.69 Å². The molecule has 2 aromatic rings. The monoisotopic (exact) mass is 189 g/mol. The molecule has 0 saturated heterocycles. The lowest BCUT2D eigenvalue weighted by Gasteiger charge is -2.17. The minimum absolute atomic E-state index is 0.490. The van der Waals surface area contributed by atoms with Crippen LogP contribution in [-0.4, -0.2) is 14.8 Å². The molecule has 0 bridgehead atoms. The Morgan fingerprint density at radius 3 is 2.71 bits per heavy atom. The van der Waals surface area contributed by atoms with Gasteiger partial charge < -0.3 is 0 Å². The van der Waals surface area contributed by atoms with Crippen molar-refractivity contribution in [3.8, 4) is 0 Å². The van der Waals surface area contributed by atoms with Crippen molar-refractivity contribution in [1.82, 2.24) is 14.8 Å². The van der Waals surface area contributed by atoms with Crippen LogP contribution in [0.4, 0.5) is 5.69 Å². The third kappa shape index (κ3) is 1.89. The summed E-state index contributed by atoms with van der Waals surface area (Å²) < 4.78 is 1.66. The van der Waals surface area contributed by atoms with Gasteiger partial charge in [-0.2, -0.15) is 5.10 Å². The molecule has 0 aliphatic rings. The molecule has 1 heterocycles. The predicted molar refractivity (Wildman–Crippen MR) is 53.1 cm³/mol. The van der Waals surface area contributed by atoms with Gasteiger partial charge in [0, 0.05) is 0 Å². The average molecular weight is 189 g/mol. The van der Waals surface area contributed by atoms with E-state index in [9.17, 15) is 0 Å². The maximum Gasteiger partial charge on any atom is 0.137 e. The van der Waals surface area contributed by atoms with Crippen LogP contribution in [-0.2, 0) is 6.67 Å². The quantitative estimate of drug-likeness (QED) is 0.568. The Kier molecular flexibility index (Phi) is 2.42. The zero-order valence-electron chi connectivity index (χ0n) is 7.61. The highest BCUT2D eigenvalue weighted by atomic mass is 15.5. The van der Waals surface area contributed by atoms with Gasteiger partial charge in [0.25, 0.3) is 0 Å². The molecule has 0 aliphatic carbocycles. The first kappa shape index (κ1) is 8.71. The van der Waals surface area contributed by atoms with E-state index in [2.05, 4.69) is 10.1 Å². The number of rotatable bonds is 3. The molecule has 0 amide bonds. The molecule has 5 nitrogen and oxygen atoms in total. The lowest BCUT2D eigenvalue weighted by molar-refractivity contribution is 0.586. The first-order chi connectivity index (χ1) is 6.86. The van der Waals surface area contributed by atoms with Gasteiger partial charge >= 0.3 is 0 Å². The van der Waals surface area contributed by atoms with E-state index in [1.54, 1.807) is 16.0 Å². The second kappa shape index (κ2) is 3.89. The Balaban J connectivity index is 2.07. The van der Waals surface area contributed by atoms with E-state index in [1.807, 2.05) is 30.3 Å². The maximum absolute atomic E-state index is 5.83. The standard InChI is InChI=1S/C9H11N5/c10-14(8-13-7-11-6-12-13)9-4-2-1-3-5-9/h1-7H,8,10H2. The number of nitrogens with zero attached hydrogens (tertiary/aromatic N) is 4. The van der Waals surface area contributed by atoms with Crippen molar-refractivity contribution >= 4 is 5.69 Å². The van der Waals surface area contributed by atoms with E-state index in [4.69, 9.17) is 5.84 Å². The van der Waals surface area contributed by atoms with Crippen LogP contribution in [0.15, 0.2) is 43.0 Å². The molecule has 2 N–H and O–H groups in total. The Labute approximate surface area is 81.8 Å². The largest absolute Gasteiger partial charge is 0.289 e. The summed E-state index contributed by atoms with van der Waals surface area (Å²) in [5, 5.41) is 5.57. The SMILES string of the molecule is NN(Cn1cncn1)c1ccccc1. The third-order valence-electron chi connectivity index (χ3n) is 1.85. The second-order valence-corrected chi connectivity index (χ2v) is 2.88. The predicted octanol–water partition coefficient (Wildman–Crippen LogP) is 0.616. The van der Waals surface area contributed by atoms with Crippen LogP contribution >= 0.6 is 0 Å². The highest BCUT2D eigenvalue weighted by molar-refractivity contribution is 5.43. The fourth-order valence-corrected chi connectivity index (χ4v) is 1.16. The minimum atomic E-state index is 0.490. The van der Waals surface area contributed by atoms with E-state index in [0.29, 0.717) is 6.67 Å². The molecular formula is C9H11N5. The Morgan fingerprint density at radius 1 is 1.29 bits per heavy atom. The fourth-order valence-electron chi connectivity index (χ4n) is 1.16. The Morgan fingerprint density at radius 2 is 2.07 bits per heavy atom. The lowest BCUT2D eigenvalue weighted by atomic mass is 10.3. The van der Waals surface area contributed by atoms with Crippen molar-refractivity contribution in [3.05, 3.63) is 43.0 Å². The van der Waals surface area contributed by atoms with Crippen LogP contribution in [0.2, 0.25) is 0 Å². The molecule has 5 heteroatoms. The van der Waals surface area contributed by atoms with Gasteiger partial charge in [0.05, 0.1) is 5.69 Å². The van der Waals surface area contributed by atoms with Crippen molar-refractivity contribution in [2.75, 3.05) is 5.01 Å². The number of hydrogen-bond donors (Lipinski definition) is 1. The molecule has 0 spiro atoms. The Bertz CT molecular complexity index is 369. The zero-order valence-corrected chi connectivity index (χ0v) is 7.61. The smallest absolute Gasteiger partial charge is 0.137 e. The van der Waals surface area contributed by atoms with Crippen molar-refractivity contribution in [1.29, 1.82) is 0 Å². The molecule has 0 aliphatic heterocycles. The van der Waals surface area contributed by atoms with Crippen LogP contribution in [0.3, 0.4) is 0 Å². The zero-order chi connectivity index (χ0) is 9.80. The highest BCUT2D eigenvalue weighted by Crippen LogP contribution is 2.09. The van der Waals surface area contributed by atoms with Crippen LogP contribution in [0, 0.1) is 0 Å². The summed E-state index contributed by atoms with van der Waals surface area (Å²) >= 11 is 0. The number of aromatic nitrogens is 3. The fraction of sp³-hybridized carbons (Fsp3) is 0.111. The summed E-state index contributed by atoms with van der Waals surface area (Å²) in [4.78, 5) is 3.84. The topological polar surface area (TPSA) is 60.0 Å². The molecule has 14 heavy (non-hydrogen) atoms. The van der Waals surface area contributed by atoms with E-state index in [-0.39, 0.29) is 0 Å². The summed E-state index contributed by atoms with van der Waals surface area (Å²) in [5.74, 6) is 5.83. The van der Waals surface area contributed by atoms with Crippen LogP contribution in [0.25, 0.3) is 0 Å². The van der Waals surface area contributed by atoms with E-state index < -0.39 is 0 Å². The number of benzene rings is 1. The van der Waals surface area contributed by atoms with Gasteiger partial charge in [-0.05, 0) is 12.1 Å². The van der Waals surface area contributed by atoms with Crippen LogP contribution < -0.4 is 10.9 Å². The van der Waals surface area contributed by atoms with Gasteiger partial charge in [-0.25, -0.2) is 15.5 Å². The molecule has 0 fully saturated rings. The number of hydrazine groups is 1. The molecule has 0 saturated carbocycles. The average Bonchev–Trinajstić information content (AvgIpc) is 2.72. The van der Waals surface area contributed by atoms with E-state index >= 15 is 0 Å². The van der Waals surface area contributed by atoms with Gasteiger partial charge in [0.2, 0.25) is 0 Å². The van der Waals surface area contributed by atoms with Crippen LogP contribution in [0.1, 0.15) is 0 Å². The van der Waals surface area contributed by atoms with Gasteiger partial charge in [-0.1, -0.05) is 18.2 Å². The molecule has 72 valence electrons. The summed E-state index contributed by atoms with van der Waals surface area (Å²) in [6, 6.07) is 9.72.